The summed E-state index contributed by atoms with van der Waals surface area (Å²) in [6, 6.07) is 13.8. The van der Waals surface area contributed by atoms with Crippen molar-refractivity contribution >= 4 is 34.0 Å². The Labute approximate surface area is 155 Å². The summed E-state index contributed by atoms with van der Waals surface area (Å²) in [6.07, 6.45) is 0. The highest BCUT2D eigenvalue weighted by Gasteiger charge is 2.14. The Kier molecular flexibility index (Phi) is 4.09. The van der Waals surface area contributed by atoms with Gasteiger partial charge in [-0.25, -0.2) is 4.98 Å². The van der Waals surface area contributed by atoms with Crippen molar-refractivity contribution in [1.29, 1.82) is 0 Å². The molecule has 2 N–H and O–H groups in total. The van der Waals surface area contributed by atoms with Crippen molar-refractivity contribution in [2.45, 2.75) is 20.8 Å². The number of carbonyl (C=O) groups excluding carboxylic acids is 1. The zero-order valence-corrected chi connectivity index (χ0v) is 15.7. The lowest BCUT2D eigenvalue weighted by Crippen LogP contribution is -2.15. The molecule has 130 valence electrons. The second-order valence-electron chi connectivity index (χ2n) is 6.52. The molecule has 0 unspecified atom stereocenters. The molecule has 4 nitrogen and oxygen atoms in total. The fourth-order valence-corrected chi connectivity index (χ4v) is 4.02. The number of hydrogen-bond donors (Lipinski definition) is 2. The van der Waals surface area contributed by atoms with Crippen LogP contribution in [0.1, 0.15) is 27.0 Å². The molecule has 2 aromatic carbocycles. The first-order valence-corrected chi connectivity index (χ1v) is 9.32. The van der Waals surface area contributed by atoms with Crippen LogP contribution < -0.4 is 5.32 Å². The number of rotatable bonds is 3. The van der Waals surface area contributed by atoms with Crippen molar-refractivity contribution in [1.82, 2.24) is 9.97 Å². The zero-order chi connectivity index (χ0) is 18.3. The molecule has 2 heterocycles. The maximum atomic E-state index is 12.8. The van der Waals surface area contributed by atoms with E-state index in [2.05, 4.69) is 15.3 Å². The van der Waals surface area contributed by atoms with Crippen LogP contribution >= 0.6 is 11.3 Å². The Balaban J connectivity index is 1.64. The first-order valence-electron chi connectivity index (χ1n) is 8.44. The summed E-state index contributed by atoms with van der Waals surface area (Å²) in [5.41, 5.74) is 6.42. The zero-order valence-electron chi connectivity index (χ0n) is 14.9. The number of fused-ring (bicyclic) bond motifs is 1. The molecular formula is C21H19N3OS. The van der Waals surface area contributed by atoms with Crippen LogP contribution in [-0.2, 0) is 0 Å². The molecule has 5 heteroatoms. The van der Waals surface area contributed by atoms with Crippen LogP contribution in [0.5, 0.6) is 0 Å². The summed E-state index contributed by atoms with van der Waals surface area (Å²) in [5, 5.41) is 5.04. The number of hydrogen-bond acceptors (Lipinski definition) is 3. The van der Waals surface area contributed by atoms with Crippen molar-refractivity contribution in [2.24, 2.45) is 0 Å². The van der Waals surface area contributed by atoms with Crippen LogP contribution in [0.25, 0.3) is 21.7 Å². The lowest BCUT2D eigenvalue weighted by atomic mass is 9.99. The minimum Gasteiger partial charge on any atom is -0.337 e. The van der Waals surface area contributed by atoms with Crippen molar-refractivity contribution in [2.75, 3.05) is 5.32 Å². The molecule has 4 aromatic rings. The lowest BCUT2D eigenvalue weighted by Gasteiger charge is -2.11. The van der Waals surface area contributed by atoms with Crippen LogP contribution in [0.3, 0.4) is 0 Å². The molecule has 0 spiro atoms. The monoisotopic (exact) mass is 361 g/mol. The number of nitrogens with zero attached hydrogens (tertiary/aromatic N) is 1. The molecule has 2 aromatic heterocycles. The number of anilines is 1. The minimum atomic E-state index is -0.0858. The molecular weight excluding hydrogens is 342 g/mol. The van der Waals surface area contributed by atoms with Gasteiger partial charge >= 0.3 is 0 Å². The van der Waals surface area contributed by atoms with Crippen LogP contribution in [-0.4, -0.2) is 15.9 Å². The fourth-order valence-electron chi connectivity index (χ4n) is 3.35. The molecule has 0 aliphatic heterocycles. The predicted octanol–water partition coefficient (Wildman–Crippen LogP) is 5.47. The first kappa shape index (κ1) is 16.5. The smallest absolute Gasteiger partial charge is 0.256 e. The Hall–Kier alpha value is -2.92. The summed E-state index contributed by atoms with van der Waals surface area (Å²) in [5.74, 6) is 0.765. The SMILES string of the molecule is Cc1cc(C)c(C(=O)Nc2ccc3nc(-c4cccs4)[nH]c3c2)c(C)c1. The van der Waals surface area contributed by atoms with Crippen LogP contribution in [0, 0.1) is 20.8 Å². The van der Waals surface area contributed by atoms with Gasteiger partial charge in [0.2, 0.25) is 0 Å². The Morgan fingerprint density at radius 2 is 1.85 bits per heavy atom. The van der Waals surface area contributed by atoms with Crippen molar-refractivity contribution in [3.63, 3.8) is 0 Å². The van der Waals surface area contributed by atoms with Crippen molar-refractivity contribution in [3.05, 3.63) is 70.1 Å². The topological polar surface area (TPSA) is 57.8 Å². The van der Waals surface area contributed by atoms with E-state index in [1.54, 1.807) is 11.3 Å². The number of aromatic amines is 1. The lowest BCUT2D eigenvalue weighted by molar-refractivity contribution is 0.102. The molecule has 0 atom stereocenters. The molecule has 0 fully saturated rings. The van der Waals surface area contributed by atoms with E-state index in [1.165, 1.54) is 0 Å². The quantitative estimate of drug-likeness (QED) is 0.508. The van der Waals surface area contributed by atoms with Gasteiger partial charge in [0.05, 0.1) is 15.9 Å². The summed E-state index contributed by atoms with van der Waals surface area (Å²) < 4.78 is 0. The van der Waals surface area contributed by atoms with E-state index in [9.17, 15) is 4.79 Å². The van der Waals surface area contributed by atoms with Gasteiger partial charge in [-0.1, -0.05) is 23.8 Å². The van der Waals surface area contributed by atoms with Crippen LogP contribution in [0.15, 0.2) is 47.8 Å². The molecule has 0 aliphatic rings. The average molecular weight is 361 g/mol. The normalized spacial score (nSPS) is 11.0. The molecule has 4 rings (SSSR count). The van der Waals surface area contributed by atoms with E-state index in [0.29, 0.717) is 0 Å². The van der Waals surface area contributed by atoms with E-state index in [4.69, 9.17) is 0 Å². The standard InChI is InChI=1S/C21H19N3OS/c1-12-9-13(2)19(14(3)10-12)21(25)22-15-6-7-16-17(11-15)24-20(23-16)18-5-4-8-26-18/h4-11H,1-3H3,(H,22,25)(H,23,24). The van der Waals surface area contributed by atoms with Gasteiger partial charge < -0.3 is 10.3 Å². The maximum absolute atomic E-state index is 12.8. The van der Waals surface area contributed by atoms with Gasteiger partial charge in [0.1, 0.15) is 5.82 Å². The Morgan fingerprint density at radius 1 is 1.08 bits per heavy atom. The number of H-pyrrole nitrogens is 1. The summed E-state index contributed by atoms with van der Waals surface area (Å²) in [7, 11) is 0. The largest absolute Gasteiger partial charge is 0.337 e. The average Bonchev–Trinajstić information content (AvgIpc) is 3.22. The molecule has 26 heavy (non-hydrogen) atoms. The van der Waals surface area contributed by atoms with Crippen molar-refractivity contribution in [3.8, 4) is 10.7 Å². The number of aryl methyl sites for hydroxylation is 3. The van der Waals surface area contributed by atoms with Gasteiger partial charge in [-0.3, -0.25) is 4.79 Å². The number of benzene rings is 2. The second kappa shape index (κ2) is 6.42. The van der Waals surface area contributed by atoms with Crippen molar-refractivity contribution < 1.29 is 4.79 Å². The van der Waals surface area contributed by atoms with Crippen LogP contribution in [0.2, 0.25) is 0 Å². The van der Waals surface area contributed by atoms with E-state index in [0.717, 1.165) is 49.7 Å². The molecule has 0 saturated heterocycles. The van der Waals surface area contributed by atoms with Gasteiger partial charge in [0.15, 0.2) is 0 Å². The highest BCUT2D eigenvalue weighted by Crippen LogP contribution is 2.26. The number of carbonyl (C=O) groups is 1. The number of nitrogens with one attached hydrogen (secondary N) is 2. The number of thiophene rings is 1. The Morgan fingerprint density at radius 3 is 2.54 bits per heavy atom. The van der Waals surface area contributed by atoms with Gasteiger partial charge in [0, 0.05) is 11.3 Å². The third kappa shape index (κ3) is 3.02. The predicted molar refractivity (Wildman–Crippen MR) is 108 cm³/mol. The number of aromatic nitrogens is 2. The molecule has 0 saturated carbocycles. The van der Waals surface area contributed by atoms with E-state index in [1.807, 2.05) is 68.6 Å². The highest BCUT2D eigenvalue weighted by molar-refractivity contribution is 7.13. The second-order valence-corrected chi connectivity index (χ2v) is 7.47. The summed E-state index contributed by atoms with van der Waals surface area (Å²) >= 11 is 1.64. The van der Waals surface area contributed by atoms with Gasteiger partial charge in [-0.2, -0.15) is 0 Å². The Bertz CT molecular complexity index is 1090. The van der Waals surface area contributed by atoms with Gasteiger partial charge in [-0.15, -0.1) is 11.3 Å². The highest BCUT2D eigenvalue weighted by atomic mass is 32.1. The van der Waals surface area contributed by atoms with E-state index < -0.39 is 0 Å². The van der Waals surface area contributed by atoms with Gasteiger partial charge in [0.25, 0.3) is 5.91 Å². The first-order chi connectivity index (χ1) is 12.5. The third-order valence-corrected chi connectivity index (χ3v) is 5.27. The maximum Gasteiger partial charge on any atom is 0.256 e. The van der Waals surface area contributed by atoms with Gasteiger partial charge in [-0.05, 0) is 61.5 Å². The van der Waals surface area contributed by atoms with E-state index in [-0.39, 0.29) is 5.91 Å². The summed E-state index contributed by atoms with van der Waals surface area (Å²) in [4.78, 5) is 21.8. The van der Waals surface area contributed by atoms with Crippen LogP contribution in [0.4, 0.5) is 5.69 Å². The number of amides is 1. The van der Waals surface area contributed by atoms with E-state index >= 15 is 0 Å². The third-order valence-electron chi connectivity index (χ3n) is 4.40. The summed E-state index contributed by atoms with van der Waals surface area (Å²) in [6.45, 7) is 5.99. The fraction of sp³-hybridized carbons (Fsp3) is 0.143. The molecule has 1 amide bonds. The number of imidazole rings is 1. The molecule has 0 bridgehead atoms. The molecule has 0 aliphatic carbocycles. The molecule has 0 radical (unpaired) electrons. The minimum absolute atomic E-state index is 0.0858.